The van der Waals surface area contributed by atoms with Crippen LogP contribution in [0.1, 0.15) is 12.8 Å². The Morgan fingerprint density at radius 2 is 2.05 bits per heavy atom. The molecular weight excluding hydrogens is 242 g/mol. The predicted molar refractivity (Wildman–Crippen MR) is 76.4 cm³/mol. The summed E-state index contributed by atoms with van der Waals surface area (Å²) in [6.45, 7) is 1.09. The number of carbonyl (C=O) groups is 1. The quantitative estimate of drug-likeness (QED) is 0.860. The lowest BCUT2D eigenvalue weighted by molar-refractivity contribution is -0.124. The smallest absolute Gasteiger partial charge is 0.244 e. The number of amides is 1. The standard InChI is InChI=1S/C14H21N3O2/c1-17(2)12-5-3-4-11(10-12)16-13(18)14(15)6-8-19-9-7-14/h3-5,10H,6-9,15H2,1-2H3,(H,16,18). The second-order valence-corrected chi connectivity index (χ2v) is 5.17. The van der Waals surface area contributed by atoms with E-state index in [1.54, 1.807) is 0 Å². The minimum absolute atomic E-state index is 0.133. The second kappa shape index (κ2) is 5.59. The van der Waals surface area contributed by atoms with Gasteiger partial charge in [-0.1, -0.05) is 6.07 Å². The lowest BCUT2D eigenvalue weighted by atomic mass is 9.90. The molecule has 0 atom stereocenters. The minimum Gasteiger partial charge on any atom is -0.381 e. The van der Waals surface area contributed by atoms with Crippen molar-refractivity contribution >= 4 is 17.3 Å². The zero-order chi connectivity index (χ0) is 13.9. The van der Waals surface area contributed by atoms with E-state index in [-0.39, 0.29) is 5.91 Å². The molecule has 0 radical (unpaired) electrons. The average molecular weight is 263 g/mol. The van der Waals surface area contributed by atoms with E-state index in [0.29, 0.717) is 26.1 Å². The molecule has 0 aromatic heterocycles. The number of nitrogens with one attached hydrogen (secondary N) is 1. The number of hydrogen-bond acceptors (Lipinski definition) is 4. The Labute approximate surface area is 113 Å². The van der Waals surface area contributed by atoms with Gasteiger partial charge in [-0.05, 0) is 31.0 Å². The normalized spacial score (nSPS) is 17.8. The molecule has 1 fully saturated rings. The zero-order valence-electron chi connectivity index (χ0n) is 11.5. The van der Waals surface area contributed by atoms with Crippen molar-refractivity contribution in [2.24, 2.45) is 5.73 Å². The molecule has 0 aliphatic carbocycles. The second-order valence-electron chi connectivity index (χ2n) is 5.17. The summed E-state index contributed by atoms with van der Waals surface area (Å²) < 4.78 is 5.25. The third-order valence-electron chi connectivity index (χ3n) is 3.46. The topological polar surface area (TPSA) is 67.6 Å². The van der Waals surface area contributed by atoms with E-state index >= 15 is 0 Å². The Morgan fingerprint density at radius 1 is 1.37 bits per heavy atom. The molecule has 0 saturated carbocycles. The highest BCUT2D eigenvalue weighted by Gasteiger charge is 2.35. The summed E-state index contributed by atoms with van der Waals surface area (Å²) in [6, 6.07) is 7.70. The van der Waals surface area contributed by atoms with E-state index in [9.17, 15) is 4.79 Å². The molecule has 1 saturated heterocycles. The van der Waals surface area contributed by atoms with Crippen LogP contribution in [0, 0.1) is 0 Å². The van der Waals surface area contributed by atoms with Gasteiger partial charge in [-0.2, -0.15) is 0 Å². The van der Waals surface area contributed by atoms with E-state index in [1.165, 1.54) is 0 Å². The first-order chi connectivity index (χ1) is 9.01. The number of nitrogens with two attached hydrogens (primary N) is 1. The fraction of sp³-hybridized carbons (Fsp3) is 0.500. The molecule has 5 nitrogen and oxygen atoms in total. The number of nitrogens with zero attached hydrogens (tertiary/aromatic N) is 1. The number of carbonyl (C=O) groups excluding carboxylic acids is 1. The summed E-state index contributed by atoms with van der Waals surface area (Å²) in [6.07, 6.45) is 1.12. The molecule has 19 heavy (non-hydrogen) atoms. The van der Waals surface area contributed by atoms with Crippen molar-refractivity contribution in [3.8, 4) is 0 Å². The maximum atomic E-state index is 12.3. The summed E-state index contributed by atoms with van der Waals surface area (Å²) in [7, 11) is 3.92. The Balaban J connectivity index is 2.08. The monoisotopic (exact) mass is 263 g/mol. The Kier molecular flexibility index (Phi) is 4.07. The van der Waals surface area contributed by atoms with Crippen molar-refractivity contribution in [3.05, 3.63) is 24.3 Å². The van der Waals surface area contributed by atoms with Crippen LogP contribution in [-0.4, -0.2) is 38.8 Å². The number of benzene rings is 1. The van der Waals surface area contributed by atoms with Crippen molar-refractivity contribution in [3.63, 3.8) is 0 Å². The molecular formula is C14H21N3O2. The van der Waals surface area contributed by atoms with Gasteiger partial charge in [0.05, 0.1) is 0 Å². The Hall–Kier alpha value is -1.59. The molecule has 2 rings (SSSR count). The fourth-order valence-electron chi connectivity index (χ4n) is 2.08. The van der Waals surface area contributed by atoms with E-state index in [0.717, 1.165) is 11.4 Å². The summed E-state index contributed by atoms with van der Waals surface area (Å²) >= 11 is 0. The molecule has 1 aromatic rings. The van der Waals surface area contributed by atoms with Crippen LogP contribution in [0.4, 0.5) is 11.4 Å². The van der Waals surface area contributed by atoms with Gasteiger partial charge in [-0.3, -0.25) is 4.79 Å². The van der Waals surface area contributed by atoms with Crippen LogP contribution in [0.2, 0.25) is 0 Å². The molecule has 1 aliphatic rings. The van der Waals surface area contributed by atoms with Gasteiger partial charge in [0.2, 0.25) is 5.91 Å². The molecule has 0 spiro atoms. The number of anilines is 2. The SMILES string of the molecule is CN(C)c1cccc(NC(=O)C2(N)CCOCC2)c1. The first-order valence-electron chi connectivity index (χ1n) is 6.47. The summed E-state index contributed by atoms with van der Waals surface area (Å²) in [4.78, 5) is 14.3. The van der Waals surface area contributed by atoms with Crippen LogP contribution in [0.3, 0.4) is 0 Å². The van der Waals surface area contributed by atoms with E-state index in [4.69, 9.17) is 10.5 Å². The number of ether oxygens (including phenoxy) is 1. The molecule has 0 bridgehead atoms. The van der Waals surface area contributed by atoms with Crippen molar-refractivity contribution in [1.29, 1.82) is 0 Å². The van der Waals surface area contributed by atoms with Crippen molar-refractivity contribution in [2.45, 2.75) is 18.4 Å². The van der Waals surface area contributed by atoms with Gasteiger partial charge in [-0.15, -0.1) is 0 Å². The predicted octanol–water partition coefficient (Wildman–Crippen LogP) is 1.20. The highest BCUT2D eigenvalue weighted by atomic mass is 16.5. The minimum atomic E-state index is -0.813. The van der Waals surface area contributed by atoms with Gasteiger partial charge in [0.25, 0.3) is 0 Å². The fourth-order valence-corrected chi connectivity index (χ4v) is 2.08. The number of hydrogen-bond donors (Lipinski definition) is 2. The van der Waals surface area contributed by atoms with Gasteiger partial charge >= 0.3 is 0 Å². The lowest BCUT2D eigenvalue weighted by Crippen LogP contribution is -2.54. The lowest BCUT2D eigenvalue weighted by Gasteiger charge is -2.31. The van der Waals surface area contributed by atoms with Crippen molar-refractivity contribution in [1.82, 2.24) is 0 Å². The molecule has 5 heteroatoms. The highest BCUT2D eigenvalue weighted by Crippen LogP contribution is 2.22. The molecule has 1 aliphatic heterocycles. The van der Waals surface area contributed by atoms with Crippen LogP contribution in [-0.2, 0) is 9.53 Å². The number of rotatable bonds is 3. The molecule has 0 unspecified atom stereocenters. The molecule has 1 heterocycles. The summed E-state index contributed by atoms with van der Waals surface area (Å²) in [5.74, 6) is -0.133. The van der Waals surface area contributed by atoms with Gasteiger partial charge in [-0.25, -0.2) is 0 Å². The van der Waals surface area contributed by atoms with Crippen LogP contribution >= 0.6 is 0 Å². The van der Waals surface area contributed by atoms with Gasteiger partial charge in [0, 0.05) is 38.7 Å². The average Bonchev–Trinajstić information content (AvgIpc) is 2.40. The largest absolute Gasteiger partial charge is 0.381 e. The molecule has 104 valence electrons. The van der Waals surface area contributed by atoms with Crippen LogP contribution in [0.5, 0.6) is 0 Å². The van der Waals surface area contributed by atoms with E-state index in [1.807, 2.05) is 43.3 Å². The van der Waals surface area contributed by atoms with E-state index in [2.05, 4.69) is 5.32 Å². The van der Waals surface area contributed by atoms with Gasteiger partial charge in [0.1, 0.15) is 5.54 Å². The van der Waals surface area contributed by atoms with Crippen molar-refractivity contribution in [2.75, 3.05) is 37.5 Å². The summed E-state index contributed by atoms with van der Waals surface area (Å²) in [5, 5.41) is 2.90. The maximum absolute atomic E-state index is 12.3. The third-order valence-corrected chi connectivity index (χ3v) is 3.46. The maximum Gasteiger partial charge on any atom is 0.244 e. The van der Waals surface area contributed by atoms with Gasteiger partial charge in [0.15, 0.2) is 0 Å². The molecule has 3 N–H and O–H groups in total. The first-order valence-corrected chi connectivity index (χ1v) is 6.47. The van der Waals surface area contributed by atoms with E-state index < -0.39 is 5.54 Å². The van der Waals surface area contributed by atoms with Crippen molar-refractivity contribution < 1.29 is 9.53 Å². The molecule has 1 amide bonds. The molecule has 1 aromatic carbocycles. The Bertz CT molecular complexity index is 454. The van der Waals surface area contributed by atoms with Crippen LogP contribution < -0.4 is 16.0 Å². The third kappa shape index (κ3) is 3.24. The Morgan fingerprint density at radius 3 is 2.68 bits per heavy atom. The summed E-state index contributed by atoms with van der Waals surface area (Å²) in [5.41, 5.74) is 7.14. The van der Waals surface area contributed by atoms with Crippen LogP contribution in [0.15, 0.2) is 24.3 Å². The highest BCUT2D eigenvalue weighted by molar-refractivity contribution is 5.98. The first kappa shape index (κ1) is 13.8. The van der Waals surface area contributed by atoms with Gasteiger partial charge < -0.3 is 20.7 Å². The van der Waals surface area contributed by atoms with Crippen LogP contribution in [0.25, 0.3) is 0 Å². The zero-order valence-corrected chi connectivity index (χ0v) is 11.5.